The van der Waals surface area contributed by atoms with Crippen molar-refractivity contribution >= 4 is 34.9 Å². The molecule has 2 aliphatic rings. The first-order valence-corrected chi connectivity index (χ1v) is 12.1. The number of hydrogen-bond donors (Lipinski definition) is 2. The van der Waals surface area contributed by atoms with Gasteiger partial charge >= 0.3 is 0 Å². The minimum Gasteiger partial charge on any atom is -0.505 e. The van der Waals surface area contributed by atoms with E-state index in [1.807, 2.05) is 0 Å². The highest BCUT2D eigenvalue weighted by Crippen LogP contribution is 2.54. The Morgan fingerprint density at radius 2 is 2.07 bits per heavy atom. The SMILES string of the molecule is CCSc1ccc2c(c1O)N(CCC1CCC(C)CN1)c1ccc(C)cc1S2. The van der Waals surface area contributed by atoms with E-state index in [9.17, 15) is 5.11 Å². The summed E-state index contributed by atoms with van der Waals surface area (Å²) < 4.78 is 0. The minimum absolute atomic E-state index is 0.438. The Bertz CT molecular complexity index is 847. The van der Waals surface area contributed by atoms with Gasteiger partial charge in [0.25, 0.3) is 0 Å². The number of phenols is 1. The molecule has 2 atom stereocenters. The van der Waals surface area contributed by atoms with Crippen LogP contribution in [0.25, 0.3) is 0 Å². The lowest BCUT2D eigenvalue weighted by molar-refractivity contribution is 0.317. The largest absolute Gasteiger partial charge is 0.505 e. The van der Waals surface area contributed by atoms with Gasteiger partial charge in [0.15, 0.2) is 5.75 Å². The monoisotopic (exact) mass is 414 g/mol. The normalized spacial score (nSPS) is 21.3. The Hall–Kier alpha value is -1.30. The first-order valence-electron chi connectivity index (χ1n) is 10.3. The first-order chi connectivity index (χ1) is 13.6. The molecular formula is C23H30N2OS2. The van der Waals surface area contributed by atoms with Crippen molar-refractivity contribution in [1.82, 2.24) is 5.32 Å². The Kier molecular flexibility index (Phi) is 6.14. The number of nitrogens with one attached hydrogen (secondary N) is 1. The van der Waals surface area contributed by atoms with Gasteiger partial charge in [-0.2, -0.15) is 0 Å². The maximum Gasteiger partial charge on any atom is 0.153 e. The van der Waals surface area contributed by atoms with Gasteiger partial charge in [0, 0.05) is 22.4 Å². The Balaban J connectivity index is 1.66. The van der Waals surface area contributed by atoms with E-state index < -0.39 is 0 Å². The molecule has 0 spiro atoms. The summed E-state index contributed by atoms with van der Waals surface area (Å²) in [6.45, 7) is 8.64. The van der Waals surface area contributed by atoms with Crippen molar-refractivity contribution in [3.63, 3.8) is 0 Å². The highest BCUT2D eigenvalue weighted by atomic mass is 32.2. The number of benzene rings is 2. The van der Waals surface area contributed by atoms with E-state index in [1.54, 1.807) is 23.5 Å². The van der Waals surface area contributed by atoms with Crippen LogP contribution in [-0.2, 0) is 0 Å². The lowest BCUT2D eigenvalue weighted by atomic mass is 9.94. The average Bonchev–Trinajstić information content (AvgIpc) is 2.68. The number of phenolic OH excluding ortho intramolecular Hbond substituents is 1. The second-order valence-electron chi connectivity index (χ2n) is 7.99. The van der Waals surface area contributed by atoms with E-state index in [0.29, 0.717) is 11.8 Å². The Morgan fingerprint density at radius 3 is 2.82 bits per heavy atom. The van der Waals surface area contributed by atoms with E-state index in [-0.39, 0.29) is 0 Å². The maximum absolute atomic E-state index is 11.1. The molecule has 3 nitrogen and oxygen atoms in total. The van der Waals surface area contributed by atoms with Gasteiger partial charge < -0.3 is 15.3 Å². The van der Waals surface area contributed by atoms with E-state index in [0.717, 1.165) is 46.7 Å². The smallest absolute Gasteiger partial charge is 0.153 e. The molecule has 2 aromatic carbocycles. The fourth-order valence-electron chi connectivity index (χ4n) is 4.14. The number of fused-ring (bicyclic) bond motifs is 2. The molecule has 2 heterocycles. The zero-order chi connectivity index (χ0) is 19.7. The van der Waals surface area contributed by atoms with Crippen molar-refractivity contribution in [3.8, 4) is 5.75 Å². The minimum atomic E-state index is 0.438. The van der Waals surface area contributed by atoms with Crippen LogP contribution in [0.1, 0.15) is 38.7 Å². The number of nitrogens with zero attached hydrogens (tertiary/aromatic N) is 1. The summed E-state index contributed by atoms with van der Waals surface area (Å²) in [5.41, 5.74) is 3.49. The van der Waals surface area contributed by atoms with Crippen LogP contribution in [0.4, 0.5) is 11.4 Å². The van der Waals surface area contributed by atoms with Crippen molar-refractivity contribution < 1.29 is 5.11 Å². The fourth-order valence-corrected chi connectivity index (χ4v) is 6.06. The van der Waals surface area contributed by atoms with Crippen molar-refractivity contribution in [3.05, 3.63) is 35.9 Å². The standard InChI is InChI=1S/C23H30N2OS2/c1-4-27-20-10-9-19-22(23(20)26)25(12-11-17-7-5-16(3)14-24-17)18-8-6-15(2)13-21(18)28-19/h6,8-10,13,16-17,24,26H,4-5,7,11-12,14H2,1-3H3. The van der Waals surface area contributed by atoms with Crippen LogP contribution >= 0.6 is 23.5 Å². The van der Waals surface area contributed by atoms with Crippen LogP contribution in [0.2, 0.25) is 0 Å². The molecule has 2 aromatic rings. The lowest BCUT2D eigenvalue weighted by Gasteiger charge is -2.36. The molecule has 2 aliphatic heterocycles. The summed E-state index contributed by atoms with van der Waals surface area (Å²) in [6.07, 6.45) is 3.65. The third kappa shape index (κ3) is 4.03. The van der Waals surface area contributed by atoms with Gasteiger partial charge in [0.1, 0.15) is 0 Å². The molecule has 28 heavy (non-hydrogen) atoms. The van der Waals surface area contributed by atoms with Gasteiger partial charge in [-0.1, -0.05) is 31.7 Å². The number of rotatable bonds is 5. The summed E-state index contributed by atoms with van der Waals surface area (Å²) in [5.74, 6) is 2.18. The Morgan fingerprint density at radius 1 is 1.21 bits per heavy atom. The van der Waals surface area contributed by atoms with Gasteiger partial charge in [-0.05, 0) is 74.2 Å². The van der Waals surface area contributed by atoms with Crippen molar-refractivity contribution in [2.24, 2.45) is 5.92 Å². The molecule has 150 valence electrons. The number of aryl methyl sites for hydroxylation is 1. The van der Waals surface area contributed by atoms with E-state index >= 15 is 0 Å². The molecule has 0 radical (unpaired) electrons. The second-order valence-corrected chi connectivity index (χ2v) is 10.4. The molecule has 0 saturated carbocycles. The van der Waals surface area contributed by atoms with Crippen molar-refractivity contribution in [1.29, 1.82) is 0 Å². The summed E-state index contributed by atoms with van der Waals surface area (Å²) >= 11 is 3.49. The van der Waals surface area contributed by atoms with Crippen molar-refractivity contribution in [2.45, 2.75) is 60.8 Å². The van der Waals surface area contributed by atoms with Crippen LogP contribution in [0.3, 0.4) is 0 Å². The van der Waals surface area contributed by atoms with Gasteiger partial charge in [0.2, 0.25) is 0 Å². The summed E-state index contributed by atoms with van der Waals surface area (Å²) in [5, 5.41) is 14.8. The predicted molar refractivity (Wildman–Crippen MR) is 122 cm³/mol. The molecule has 5 heteroatoms. The van der Waals surface area contributed by atoms with Gasteiger partial charge in [-0.3, -0.25) is 0 Å². The molecular weight excluding hydrogens is 384 g/mol. The first kappa shape index (κ1) is 20.0. The molecule has 4 rings (SSSR count). The van der Waals surface area contributed by atoms with E-state index in [2.05, 4.69) is 61.3 Å². The molecule has 1 saturated heterocycles. The van der Waals surface area contributed by atoms with Crippen LogP contribution in [0.15, 0.2) is 45.0 Å². The van der Waals surface area contributed by atoms with Gasteiger partial charge in [0.05, 0.1) is 16.3 Å². The highest BCUT2D eigenvalue weighted by molar-refractivity contribution is 8.00. The molecule has 0 bridgehead atoms. The van der Waals surface area contributed by atoms with Gasteiger partial charge in [-0.15, -0.1) is 11.8 Å². The summed E-state index contributed by atoms with van der Waals surface area (Å²) in [4.78, 5) is 5.77. The quantitative estimate of drug-likeness (QED) is 0.570. The molecule has 1 fully saturated rings. The third-order valence-corrected chi connectivity index (χ3v) is 7.76. The molecule has 2 N–H and O–H groups in total. The third-order valence-electron chi connectivity index (χ3n) is 5.74. The number of aromatic hydroxyl groups is 1. The topological polar surface area (TPSA) is 35.5 Å². The fraction of sp³-hybridized carbons (Fsp3) is 0.478. The summed E-state index contributed by atoms with van der Waals surface area (Å²) in [6, 6.07) is 11.5. The average molecular weight is 415 g/mol. The molecule has 0 amide bonds. The number of piperidine rings is 1. The molecule has 0 aliphatic carbocycles. The van der Waals surface area contributed by atoms with E-state index in [4.69, 9.17) is 0 Å². The van der Waals surface area contributed by atoms with Crippen LogP contribution in [0, 0.1) is 12.8 Å². The predicted octanol–water partition coefficient (Wildman–Crippen LogP) is 6.19. The molecule has 2 unspecified atom stereocenters. The number of hydrogen-bond acceptors (Lipinski definition) is 5. The zero-order valence-corrected chi connectivity index (χ0v) is 18.6. The molecule has 0 aromatic heterocycles. The maximum atomic E-state index is 11.1. The van der Waals surface area contributed by atoms with Gasteiger partial charge in [-0.25, -0.2) is 0 Å². The van der Waals surface area contributed by atoms with Crippen LogP contribution < -0.4 is 10.2 Å². The number of anilines is 2. The second kappa shape index (κ2) is 8.60. The van der Waals surface area contributed by atoms with E-state index in [1.165, 1.54) is 29.0 Å². The van der Waals surface area contributed by atoms with Crippen molar-refractivity contribution in [2.75, 3.05) is 23.7 Å². The lowest BCUT2D eigenvalue weighted by Crippen LogP contribution is -2.40. The zero-order valence-electron chi connectivity index (χ0n) is 17.0. The number of thioether (sulfide) groups is 1. The Labute approximate surface area is 177 Å². The van der Waals surface area contributed by atoms with Crippen LogP contribution in [0.5, 0.6) is 5.75 Å². The highest BCUT2D eigenvalue weighted by Gasteiger charge is 2.28. The summed E-state index contributed by atoms with van der Waals surface area (Å²) in [7, 11) is 0. The van der Waals surface area contributed by atoms with Crippen LogP contribution in [-0.4, -0.2) is 30.0 Å².